The Morgan fingerprint density at radius 3 is 3.00 bits per heavy atom. The van der Waals surface area contributed by atoms with Gasteiger partial charge in [-0.05, 0) is 46.3 Å². The van der Waals surface area contributed by atoms with Gasteiger partial charge in [-0.15, -0.1) is 11.3 Å². The lowest BCUT2D eigenvalue weighted by atomic mass is 10.2. The Morgan fingerprint density at radius 1 is 1.35 bits per heavy atom. The highest BCUT2D eigenvalue weighted by Crippen LogP contribution is 2.09. The van der Waals surface area contributed by atoms with E-state index in [4.69, 9.17) is 0 Å². The van der Waals surface area contributed by atoms with Crippen LogP contribution in [0, 0.1) is 0 Å². The molecule has 0 saturated carbocycles. The number of rotatable bonds is 5. The molecule has 88 valence electrons. The molecular formula is C13H13NOS2. The Bertz CT molecular complexity index is 472. The SMILES string of the molecule is O=C(C=Cc1cccs1)NCCc1ccsc1. The molecule has 0 fully saturated rings. The number of hydrogen-bond donors (Lipinski definition) is 1. The second kappa shape index (κ2) is 6.37. The lowest BCUT2D eigenvalue weighted by Gasteiger charge is -1.99. The molecule has 0 aliphatic heterocycles. The Morgan fingerprint density at radius 2 is 2.29 bits per heavy atom. The summed E-state index contributed by atoms with van der Waals surface area (Å²) in [5, 5.41) is 9.02. The van der Waals surface area contributed by atoms with Gasteiger partial charge in [0.05, 0.1) is 0 Å². The van der Waals surface area contributed by atoms with Gasteiger partial charge in [0.25, 0.3) is 0 Å². The Labute approximate surface area is 109 Å². The molecular weight excluding hydrogens is 250 g/mol. The Balaban J connectivity index is 1.71. The first-order chi connectivity index (χ1) is 8.34. The topological polar surface area (TPSA) is 29.1 Å². The van der Waals surface area contributed by atoms with Crippen LogP contribution in [0.1, 0.15) is 10.4 Å². The number of amides is 1. The quantitative estimate of drug-likeness (QED) is 0.825. The molecule has 1 amide bonds. The minimum atomic E-state index is -0.0337. The van der Waals surface area contributed by atoms with E-state index in [2.05, 4.69) is 16.8 Å². The van der Waals surface area contributed by atoms with Gasteiger partial charge in [0.1, 0.15) is 0 Å². The van der Waals surface area contributed by atoms with Gasteiger partial charge in [-0.25, -0.2) is 0 Å². The van der Waals surface area contributed by atoms with Crippen molar-refractivity contribution in [1.29, 1.82) is 0 Å². The summed E-state index contributed by atoms with van der Waals surface area (Å²) in [6, 6.07) is 6.04. The van der Waals surface area contributed by atoms with Crippen LogP contribution >= 0.6 is 22.7 Å². The van der Waals surface area contributed by atoms with Crippen LogP contribution in [0.25, 0.3) is 6.08 Å². The average Bonchev–Trinajstić information content (AvgIpc) is 2.99. The molecule has 0 radical (unpaired) electrons. The third-order valence-electron chi connectivity index (χ3n) is 2.24. The molecule has 0 aromatic carbocycles. The fourth-order valence-corrected chi connectivity index (χ4v) is 2.69. The maximum atomic E-state index is 11.5. The van der Waals surface area contributed by atoms with Crippen LogP contribution in [-0.4, -0.2) is 12.5 Å². The van der Waals surface area contributed by atoms with Crippen molar-refractivity contribution in [2.75, 3.05) is 6.54 Å². The van der Waals surface area contributed by atoms with Crippen molar-refractivity contribution in [2.45, 2.75) is 6.42 Å². The molecule has 1 N–H and O–H groups in total. The van der Waals surface area contributed by atoms with Crippen LogP contribution in [0.3, 0.4) is 0 Å². The lowest BCUT2D eigenvalue weighted by Crippen LogP contribution is -2.23. The summed E-state index contributed by atoms with van der Waals surface area (Å²) in [7, 11) is 0. The van der Waals surface area contributed by atoms with E-state index in [9.17, 15) is 4.79 Å². The van der Waals surface area contributed by atoms with Crippen molar-refractivity contribution >= 4 is 34.7 Å². The highest BCUT2D eigenvalue weighted by molar-refractivity contribution is 7.10. The molecule has 0 atom stereocenters. The van der Waals surface area contributed by atoms with Crippen LogP contribution in [-0.2, 0) is 11.2 Å². The third-order valence-corrected chi connectivity index (χ3v) is 3.80. The normalized spacial score (nSPS) is 10.8. The minimum Gasteiger partial charge on any atom is -0.352 e. The third kappa shape index (κ3) is 4.17. The fourth-order valence-electron chi connectivity index (χ4n) is 1.37. The van der Waals surface area contributed by atoms with Crippen molar-refractivity contribution in [1.82, 2.24) is 5.32 Å². The molecule has 0 aliphatic rings. The van der Waals surface area contributed by atoms with Gasteiger partial charge in [-0.2, -0.15) is 11.3 Å². The molecule has 0 bridgehead atoms. The van der Waals surface area contributed by atoms with E-state index in [1.807, 2.05) is 29.0 Å². The molecule has 0 saturated heterocycles. The molecule has 2 aromatic rings. The molecule has 4 heteroatoms. The van der Waals surface area contributed by atoms with E-state index < -0.39 is 0 Å². The molecule has 0 aliphatic carbocycles. The van der Waals surface area contributed by atoms with Gasteiger partial charge < -0.3 is 5.32 Å². The minimum absolute atomic E-state index is 0.0337. The van der Waals surface area contributed by atoms with Crippen LogP contribution < -0.4 is 5.32 Å². The maximum absolute atomic E-state index is 11.5. The first kappa shape index (κ1) is 12.1. The molecule has 0 spiro atoms. The fraction of sp³-hybridized carbons (Fsp3) is 0.154. The van der Waals surface area contributed by atoms with Crippen molar-refractivity contribution in [3.05, 3.63) is 50.9 Å². The highest BCUT2D eigenvalue weighted by Gasteiger charge is 1.96. The van der Waals surface area contributed by atoms with Gasteiger partial charge in [0.15, 0.2) is 0 Å². The van der Waals surface area contributed by atoms with Crippen LogP contribution in [0.2, 0.25) is 0 Å². The standard InChI is InChI=1S/C13H13NOS2/c15-13(4-3-12-2-1-8-17-12)14-7-5-11-6-9-16-10-11/h1-4,6,8-10H,5,7H2,(H,14,15). The maximum Gasteiger partial charge on any atom is 0.244 e. The van der Waals surface area contributed by atoms with E-state index in [1.165, 1.54) is 5.56 Å². The van der Waals surface area contributed by atoms with Gasteiger partial charge in [0.2, 0.25) is 5.91 Å². The van der Waals surface area contributed by atoms with Crippen LogP contribution in [0.15, 0.2) is 40.4 Å². The summed E-state index contributed by atoms with van der Waals surface area (Å²) in [6.07, 6.45) is 4.31. The van der Waals surface area contributed by atoms with E-state index in [0.29, 0.717) is 6.54 Å². The van der Waals surface area contributed by atoms with Gasteiger partial charge in [-0.1, -0.05) is 6.07 Å². The zero-order valence-corrected chi connectivity index (χ0v) is 10.9. The van der Waals surface area contributed by atoms with E-state index in [1.54, 1.807) is 28.7 Å². The van der Waals surface area contributed by atoms with Crippen molar-refractivity contribution in [3.8, 4) is 0 Å². The summed E-state index contributed by atoms with van der Waals surface area (Å²) in [5.41, 5.74) is 1.28. The largest absolute Gasteiger partial charge is 0.352 e. The second-order valence-corrected chi connectivity index (χ2v) is 5.28. The molecule has 0 unspecified atom stereocenters. The number of thiophene rings is 2. The number of hydrogen-bond acceptors (Lipinski definition) is 3. The van der Waals surface area contributed by atoms with E-state index >= 15 is 0 Å². The Kier molecular flexibility index (Phi) is 4.53. The van der Waals surface area contributed by atoms with E-state index in [-0.39, 0.29) is 5.91 Å². The molecule has 2 aromatic heterocycles. The predicted molar refractivity (Wildman–Crippen MR) is 74.4 cm³/mol. The van der Waals surface area contributed by atoms with E-state index in [0.717, 1.165) is 11.3 Å². The van der Waals surface area contributed by atoms with Crippen molar-refractivity contribution in [2.24, 2.45) is 0 Å². The zero-order valence-electron chi connectivity index (χ0n) is 9.26. The monoisotopic (exact) mass is 263 g/mol. The van der Waals surface area contributed by atoms with Crippen molar-refractivity contribution < 1.29 is 4.79 Å². The molecule has 2 nitrogen and oxygen atoms in total. The number of nitrogens with one attached hydrogen (secondary N) is 1. The van der Waals surface area contributed by atoms with Gasteiger partial charge >= 0.3 is 0 Å². The number of carbonyl (C=O) groups is 1. The summed E-state index contributed by atoms with van der Waals surface area (Å²) >= 11 is 3.30. The first-order valence-corrected chi connectivity index (χ1v) is 7.17. The summed E-state index contributed by atoms with van der Waals surface area (Å²) in [5.74, 6) is -0.0337. The average molecular weight is 263 g/mol. The first-order valence-electron chi connectivity index (χ1n) is 5.35. The van der Waals surface area contributed by atoms with Crippen LogP contribution in [0.5, 0.6) is 0 Å². The lowest BCUT2D eigenvalue weighted by molar-refractivity contribution is -0.116. The molecule has 2 heterocycles. The zero-order chi connectivity index (χ0) is 11.9. The molecule has 2 rings (SSSR count). The molecule has 17 heavy (non-hydrogen) atoms. The van der Waals surface area contributed by atoms with Crippen molar-refractivity contribution in [3.63, 3.8) is 0 Å². The summed E-state index contributed by atoms with van der Waals surface area (Å²) < 4.78 is 0. The Hall–Kier alpha value is -1.39. The highest BCUT2D eigenvalue weighted by atomic mass is 32.1. The van der Waals surface area contributed by atoms with Gasteiger partial charge in [-0.3, -0.25) is 4.79 Å². The smallest absolute Gasteiger partial charge is 0.244 e. The summed E-state index contributed by atoms with van der Waals surface area (Å²) in [6.45, 7) is 0.685. The second-order valence-electron chi connectivity index (χ2n) is 3.52. The summed E-state index contributed by atoms with van der Waals surface area (Å²) in [4.78, 5) is 12.6. The van der Waals surface area contributed by atoms with Gasteiger partial charge in [0, 0.05) is 17.5 Å². The predicted octanol–water partition coefficient (Wildman–Crippen LogP) is 3.18. The number of carbonyl (C=O) groups excluding carboxylic acids is 1. The van der Waals surface area contributed by atoms with Crippen LogP contribution in [0.4, 0.5) is 0 Å².